The summed E-state index contributed by atoms with van der Waals surface area (Å²) >= 11 is 0. The van der Waals surface area contributed by atoms with Crippen molar-refractivity contribution in [2.45, 2.75) is 45.4 Å². The van der Waals surface area contributed by atoms with E-state index in [9.17, 15) is 4.79 Å². The molecule has 96 valence electrons. The summed E-state index contributed by atoms with van der Waals surface area (Å²) in [6.45, 7) is 4.96. The first-order chi connectivity index (χ1) is 7.77. The first kappa shape index (κ1) is 15.4. The second-order valence-corrected chi connectivity index (χ2v) is 3.78. The van der Waals surface area contributed by atoms with Crippen molar-refractivity contribution in [2.75, 3.05) is 26.4 Å². The number of carboxylic acids is 1. The largest absolute Gasteiger partial charge is 0.481 e. The predicted molar refractivity (Wildman–Crippen MR) is 62.6 cm³/mol. The van der Waals surface area contributed by atoms with Crippen molar-refractivity contribution in [3.8, 4) is 0 Å². The summed E-state index contributed by atoms with van der Waals surface area (Å²) < 4.78 is 10.7. The van der Waals surface area contributed by atoms with Crippen molar-refractivity contribution >= 4 is 5.97 Å². The fourth-order valence-corrected chi connectivity index (χ4v) is 1.23. The van der Waals surface area contributed by atoms with Crippen molar-refractivity contribution < 1.29 is 19.4 Å². The zero-order valence-electron chi connectivity index (χ0n) is 10.2. The van der Waals surface area contributed by atoms with Gasteiger partial charge in [-0.1, -0.05) is 19.8 Å². The van der Waals surface area contributed by atoms with E-state index in [4.69, 9.17) is 14.6 Å². The number of ether oxygens (including phenoxy) is 2. The molecule has 0 saturated carbocycles. The van der Waals surface area contributed by atoms with Gasteiger partial charge in [0.2, 0.25) is 0 Å². The number of rotatable bonds is 12. The minimum Gasteiger partial charge on any atom is -0.481 e. The minimum absolute atomic E-state index is 0.264. The van der Waals surface area contributed by atoms with Crippen LogP contribution < -0.4 is 0 Å². The Balaban J connectivity index is 2.90. The quantitative estimate of drug-likeness (QED) is 0.525. The van der Waals surface area contributed by atoms with Crippen molar-refractivity contribution in [3.05, 3.63) is 0 Å². The number of carbonyl (C=O) groups is 1. The smallest absolute Gasteiger partial charge is 0.303 e. The molecule has 0 aliphatic carbocycles. The molecule has 1 N–H and O–H groups in total. The standard InChI is InChI=1S/C12H24O4/c1-2-3-8-15-10-11-16-9-6-4-5-7-12(13)14/h2-11H2,1H3,(H,13,14). The van der Waals surface area contributed by atoms with Gasteiger partial charge < -0.3 is 14.6 Å². The molecule has 0 radical (unpaired) electrons. The summed E-state index contributed by atoms with van der Waals surface area (Å²) in [5.74, 6) is -0.717. The maximum atomic E-state index is 10.2. The third-order valence-electron chi connectivity index (χ3n) is 2.19. The van der Waals surface area contributed by atoms with Crippen LogP contribution >= 0.6 is 0 Å². The van der Waals surface area contributed by atoms with E-state index in [2.05, 4.69) is 6.92 Å². The Morgan fingerprint density at radius 1 is 0.938 bits per heavy atom. The Hall–Kier alpha value is -0.610. The number of unbranched alkanes of at least 4 members (excludes halogenated alkanes) is 3. The summed E-state index contributed by atoms with van der Waals surface area (Å²) in [4.78, 5) is 10.2. The molecule has 0 aliphatic rings. The van der Waals surface area contributed by atoms with Gasteiger partial charge >= 0.3 is 5.97 Å². The SMILES string of the molecule is CCCCOCCOCCCCCC(=O)O. The molecule has 4 nitrogen and oxygen atoms in total. The van der Waals surface area contributed by atoms with Crippen molar-refractivity contribution in [1.29, 1.82) is 0 Å². The van der Waals surface area contributed by atoms with E-state index >= 15 is 0 Å². The molecule has 0 spiro atoms. The molecule has 0 aromatic carbocycles. The first-order valence-electron chi connectivity index (χ1n) is 6.14. The topological polar surface area (TPSA) is 55.8 Å². The average Bonchev–Trinajstić information content (AvgIpc) is 2.25. The zero-order valence-corrected chi connectivity index (χ0v) is 10.2. The Morgan fingerprint density at radius 2 is 1.56 bits per heavy atom. The number of hydrogen-bond donors (Lipinski definition) is 1. The Bertz CT molecular complexity index is 159. The fourth-order valence-electron chi connectivity index (χ4n) is 1.23. The Labute approximate surface area is 97.9 Å². The molecule has 0 atom stereocenters. The minimum atomic E-state index is -0.717. The predicted octanol–water partition coefficient (Wildman–Crippen LogP) is 2.46. The van der Waals surface area contributed by atoms with E-state index in [-0.39, 0.29) is 6.42 Å². The molecule has 0 amide bonds. The van der Waals surface area contributed by atoms with Gasteiger partial charge in [-0.25, -0.2) is 0 Å². The van der Waals surface area contributed by atoms with E-state index in [1.54, 1.807) is 0 Å². The molecule has 0 aromatic heterocycles. The normalized spacial score (nSPS) is 10.6. The summed E-state index contributed by atoms with van der Waals surface area (Å²) in [5, 5.41) is 8.41. The van der Waals surface area contributed by atoms with Crippen LogP contribution in [-0.2, 0) is 14.3 Å². The van der Waals surface area contributed by atoms with Crippen LogP contribution in [0.4, 0.5) is 0 Å². The lowest BCUT2D eigenvalue weighted by atomic mass is 10.2. The molecule has 4 heteroatoms. The lowest BCUT2D eigenvalue weighted by molar-refractivity contribution is -0.137. The number of aliphatic carboxylic acids is 1. The van der Waals surface area contributed by atoms with Crippen LogP contribution in [0.25, 0.3) is 0 Å². The zero-order chi connectivity index (χ0) is 12.1. The molecule has 0 fully saturated rings. The van der Waals surface area contributed by atoms with E-state index in [1.807, 2.05) is 0 Å². The highest BCUT2D eigenvalue weighted by atomic mass is 16.5. The average molecular weight is 232 g/mol. The Morgan fingerprint density at radius 3 is 2.12 bits per heavy atom. The van der Waals surface area contributed by atoms with E-state index in [1.165, 1.54) is 0 Å². The lowest BCUT2D eigenvalue weighted by Gasteiger charge is -2.04. The molecule has 0 aliphatic heterocycles. The monoisotopic (exact) mass is 232 g/mol. The molecule has 0 heterocycles. The molecular weight excluding hydrogens is 208 g/mol. The molecule has 0 bridgehead atoms. The summed E-state index contributed by atoms with van der Waals surface area (Å²) in [5.41, 5.74) is 0. The van der Waals surface area contributed by atoms with E-state index in [0.29, 0.717) is 19.8 Å². The van der Waals surface area contributed by atoms with Crippen LogP contribution in [-0.4, -0.2) is 37.5 Å². The van der Waals surface area contributed by atoms with Crippen molar-refractivity contribution in [1.82, 2.24) is 0 Å². The second-order valence-electron chi connectivity index (χ2n) is 3.78. The van der Waals surface area contributed by atoms with Gasteiger partial charge in [0.05, 0.1) is 13.2 Å². The molecule has 16 heavy (non-hydrogen) atoms. The Kier molecular flexibility index (Phi) is 12.0. The highest BCUT2D eigenvalue weighted by molar-refractivity contribution is 5.66. The third-order valence-corrected chi connectivity index (χ3v) is 2.19. The van der Waals surface area contributed by atoms with Crippen LogP contribution in [0.15, 0.2) is 0 Å². The van der Waals surface area contributed by atoms with Crippen molar-refractivity contribution in [2.24, 2.45) is 0 Å². The van der Waals surface area contributed by atoms with Crippen LogP contribution in [0.2, 0.25) is 0 Å². The molecule has 0 saturated heterocycles. The van der Waals surface area contributed by atoms with Crippen LogP contribution in [0.5, 0.6) is 0 Å². The van der Waals surface area contributed by atoms with E-state index in [0.717, 1.165) is 38.7 Å². The second kappa shape index (κ2) is 12.5. The lowest BCUT2D eigenvalue weighted by Crippen LogP contribution is -2.06. The van der Waals surface area contributed by atoms with Gasteiger partial charge in [-0.15, -0.1) is 0 Å². The molecule has 0 unspecified atom stereocenters. The van der Waals surface area contributed by atoms with Gasteiger partial charge in [0.1, 0.15) is 0 Å². The van der Waals surface area contributed by atoms with Crippen LogP contribution in [0.3, 0.4) is 0 Å². The summed E-state index contributed by atoms with van der Waals surface area (Å²) in [6, 6.07) is 0. The highest BCUT2D eigenvalue weighted by Crippen LogP contribution is 1.99. The van der Waals surface area contributed by atoms with Crippen LogP contribution in [0.1, 0.15) is 45.4 Å². The third kappa shape index (κ3) is 13.4. The number of hydrogen-bond acceptors (Lipinski definition) is 3. The van der Waals surface area contributed by atoms with Gasteiger partial charge in [-0.3, -0.25) is 4.79 Å². The summed E-state index contributed by atoms with van der Waals surface area (Å²) in [6.07, 6.45) is 5.12. The van der Waals surface area contributed by atoms with Gasteiger partial charge in [0, 0.05) is 19.6 Å². The van der Waals surface area contributed by atoms with Crippen LogP contribution in [0, 0.1) is 0 Å². The van der Waals surface area contributed by atoms with Crippen molar-refractivity contribution in [3.63, 3.8) is 0 Å². The molecule has 0 aromatic rings. The highest BCUT2D eigenvalue weighted by Gasteiger charge is 1.96. The fraction of sp³-hybridized carbons (Fsp3) is 0.917. The van der Waals surface area contributed by atoms with Gasteiger partial charge in [-0.05, 0) is 19.3 Å². The maximum absolute atomic E-state index is 10.2. The maximum Gasteiger partial charge on any atom is 0.303 e. The first-order valence-corrected chi connectivity index (χ1v) is 6.14. The molecule has 0 rings (SSSR count). The van der Waals surface area contributed by atoms with Gasteiger partial charge in [0.15, 0.2) is 0 Å². The van der Waals surface area contributed by atoms with Gasteiger partial charge in [0.25, 0.3) is 0 Å². The van der Waals surface area contributed by atoms with E-state index < -0.39 is 5.97 Å². The van der Waals surface area contributed by atoms with Gasteiger partial charge in [-0.2, -0.15) is 0 Å². The molecular formula is C12H24O4. The summed E-state index contributed by atoms with van der Waals surface area (Å²) in [7, 11) is 0. The number of carboxylic acid groups (broad SMARTS) is 1.